The molecule has 0 spiro atoms. The second-order valence-electron chi connectivity index (χ2n) is 2.74. The fourth-order valence-corrected chi connectivity index (χ4v) is 0.877. The summed E-state index contributed by atoms with van der Waals surface area (Å²) in [4.78, 5) is 0. The Morgan fingerprint density at radius 1 is 0.875 bits per heavy atom. The molecule has 0 amide bonds. The SMILES string of the molecule is Cl.NC(N)=N/N=C1C=C/C(=N/N=C(N)N)C/1. The minimum absolute atomic E-state index is 0. The molecule has 0 heterocycles. The molecule has 0 fully saturated rings. The minimum Gasteiger partial charge on any atom is -0.369 e. The first kappa shape index (κ1) is 13.9. The molecule has 1 rings (SSSR count). The second kappa shape index (κ2) is 6.40. The van der Waals surface area contributed by atoms with E-state index in [0.29, 0.717) is 17.8 Å². The van der Waals surface area contributed by atoms with E-state index in [4.69, 9.17) is 22.9 Å². The van der Waals surface area contributed by atoms with Crippen molar-refractivity contribution in [1.29, 1.82) is 0 Å². The van der Waals surface area contributed by atoms with E-state index in [1.165, 1.54) is 0 Å². The van der Waals surface area contributed by atoms with Crippen molar-refractivity contribution in [2.75, 3.05) is 0 Å². The summed E-state index contributed by atoms with van der Waals surface area (Å²) in [6.07, 6.45) is 3.95. The van der Waals surface area contributed by atoms with Crippen LogP contribution in [0.15, 0.2) is 32.6 Å². The third-order valence-electron chi connectivity index (χ3n) is 1.42. The Bertz CT molecular complexity index is 347. The highest BCUT2D eigenvalue weighted by Gasteiger charge is 2.08. The molecule has 16 heavy (non-hydrogen) atoms. The van der Waals surface area contributed by atoms with Crippen molar-refractivity contribution in [3.8, 4) is 0 Å². The molecule has 0 saturated carbocycles. The second-order valence-corrected chi connectivity index (χ2v) is 2.74. The van der Waals surface area contributed by atoms with E-state index in [0.717, 1.165) is 0 Å². The highest BCUT2D eigenvalue weighted by molar-refractivity contribution is 6.20. The predicted molar refractivity (Wildman–Crippen MR) is 67.5 cm³/mol. The Kier molecular flexibility index (Phi) is 5.57. The highest BCUT2D eigenvalue weighted by atomic mass is 35.5. The van der Waals surface area contributed by atoms with Gasteiger partial charge in [-0.1, -0.05) is 0 Å². The Balaban J connectivity index is 0.00000225. The molecule has 8 nitrogen and oxygen atoms in total. The molecule has 0 unspecified atom stereocenters. The standard InChI is InChI=1S/C7H12N8.ClH/c8-6(9)14-12-4-1-2-5(3-4)13-15-7(10)11;/h1-2H,3H2,(H4,8,9,14)(H4,10,11,15);1H/b12-4-,13-5-;. The zero-order chi connectivity index (χ0) is 11.3. The van der Waals surface area contributed by atoms with Gasteiger partial charge in [-0.2, -0.15) is 10.2 Å². The maximum absolute atomic E-state index is 5.12. The van der Waals surface area contributed by atoms with Crippen LogP contribution >= 0.6 is 12.4 Å². The predicted octanol–water partition coefficient (Wildman–Crippen LogP) is -1.37. The van der Waals surface area contributed by atoms with Crippen LogP contribution in [0.25, 0.3) is 0 Å². The van der Waals surface area contributed by atoms with Crippen molar-refractivity contribution in [3.63, 3.8) is 0 Å². The van der Waals surface area contributed by atoms with Crippen LogP contribution in [0.5, 0.6) is 0 Å². The van der Waals surface area contributed by atoms with Crippen LogP contribution in [0.3, 0.4) is 0 Å². The number of hydrogen-bond donors (Lipinski definition) is 4. The first-order chi connectivity index (χ1) is 7.08. The van der Waals surface area contributed by atoms with Gasteiger partial charge in [0.05, 0.1) is 11.4 Å². The lowest BCUT2D eigenvalue weighted by molar-refractivity contribution is 1.18. The highest BCUT2D eigenvalue weighted by Crippen LogP contribution is 2.05. The first-order valence-corrected chi connectivity index (χ1v) is 4.07. The fourth-order valence-electron chi connectivity index (χ4n) is 0.877. The third kappa shape index (κ3) is 4.96. The zero-order valence-corrected chi connectivity index (χ0v) is 9.18. The van der Waals surface area contributed by atoms with Gasteiger partial charge in [0.2, 0.25) is 11.9 Å². The van der Waals surface area contributed by atoms with Crippen LogP contribution in [0.2, 0.25) is 0 Å². The number of halogens is 1. The monoisotopic (exact) mass is 244 g/mol. The summed E-state index contributed by atoms with van der Waals surface area (Å²) in [7, 11) is 0. The van der Waals surface area contributed by atoms with Crippen LogP contribution in [-0.2, 0) is 0 Å². The van der Waals surface area contributed by atoms with E-state index < -0.39 is 0 Å². The number of allylic oxidation sites excluding steroid dienone is 2. The molecule has 0 aliphatic heterocycles. The van der Waals surface area contributed by atoms with E-state index in [2.05, 4.69) is 20.4 Å². The molecular formula is C7H13ClN8. The van der Waals surface area contributed by atoms with E-state index >= 15 is 0 Å². The van der Waals surface area contributed by atoms with Gasteiger partial charge in [-0.15, -0.1) is 22.6 Å². The largest absolute Gasteiger partial charge is 0.369 e. The summed E-state index contributed by atoms with van der Waals surface area (Å²) in [6.45, 7) is 0. The van der Waals surface area contributed by atoms with Gasteiger partial charge in [0, 0.05) is 6.42 Å². The van der Waals surface area contributed by atoms with Crippen molar-refractivity contribution in [1.82, 2.24) is 0 Å². The molecule has 0 atom stereocenters. The normalized spacial score (nSPS) is 18.2. The Labute approximate surface area is 98.3 Å². The van der Waals surface area contributed by atoms with E-state index in [1.54, 1.807) is 12.2 Å². The maximum atomic E-state index is 5.12. The minimum atomic E-state index is -0.0921. The molecule has 0 aromatic rings. The van der Waals surface area contributed by atoms with Gasteiger partial charge in [-0.05, 0) is 12.2 Å². The molecule has 9 heteroatoms. The average Bonchev–Trinajstić information content (AvgIpc) is 2.59. The first-order valence-electron chi connectivity index (χ1n) is 4.07. The molecule has 1 aliphatic rings. The molecule has 0 radical (unpaired) electrons. The third-order valence-corrected chi connectivity index (χ3v) is 1.42. The lowest BCUT2D eigenvalue weighted by Crippen LogP contribution is -2.22. The summed E-state index contributed by atoms with van der Waals surface area (Å²) in [6, 6.07) is 0. The molecule has 0 bridgehead atoms. The number of nitrogens with zero attached hydrogens (tertiary/aromatic N) is 4. The summed E-state index contributed by atoms with van der Waals surface area (Å²) >= 11 is 0. The maximum Gasteiger partial charge on any atom is 0.211 e. The van der Waals surface area contributed by atoms with Gasteiger partial charge in [-0.3, -0.25) is 0 Å². The lowest BCUT2D eigenvalue weighted by Gasteiger charge is -1.90. The number of guanidine groups is 2. The van der Waals surface area contributed by atoms with Crippen molar-refractivity contribution in [3.05, 3.63) is 12.2 Å². The van der Waals surface area contributed by atoms with Crippen LogP contribution in [0.4, 0.5) is 0 Å². The summed E-state index contributed by atoms with van der Waals surface area (Å²) in [5.41, 5.74) is 21.8. The Morgan fingerprint density at radius 3 is 1.56 bits per heavy atom. The van der Waals surface area contributed by atoms with Crippen molar-refractivity contribution >= 4 is 35.7 Å². The lowest BCUT2D eigenvalue weighted by atomic mass is 10.3. The molecule has 8 N–H and O–H groups in total. The molecule has 88 valence electrons. The molecule has 1 aliphatic carbocycles. The molecule has 0 aromatic carbocycles. The van der Waals surface area contributed by atoms with Crippen LogP contribution < -0.4 is 22.9 Å². The average molecular weight is 245 g/mol. The smallest absolute Gasteiger partial charge is 0.211 e. The molecule has 0 saturated heterocycles. The number of hydrogen-bond acceptors (Lipinski definition) is 4. The van der Waals surface area contributed by atoms with Crippen molar-refractivity contribution in [2.45, 2.75) is 6.42 Å². The van der Waals surface area contributed by atoms with Gasteiger partial charge in [-0.25, -0.2) is 0 Å². The van der Waals surface area contributed by atoms with Gasteiger partial charge in [0.15, 0.2) is 0 Å². The Hall–Kier alpha value is -2.09. The number of rotatable bonds is 2. The number of nitrogens with two attached hydrogens (primary N) is 4. The molecular weight excluding hydrogens is 232 g/mol. The quantitative estimate of drug-likeness (QED) is 0.269. The van der Waals surface area contributed by atoms with E-state index in [-0.39, 0.29) is 24.3 Å². The van der Waals surface area contributed by atoms with Crippen LogP contribution in [0.1, 0.15) is 6.42 Å². The van der Waals surface area contributed by atoms with E-state index in [1.807, 2.05) is 0 Å². The topological polar surface area (TPSA) is 154 Å². The van der Waals surface area contributed by atoms with Crippen molar-refractivity contribution in [2.24, 2.45) is 43.3 Å². The van der Waals surface area contributed by atoms with Gasteiger partial charge >= 0.3 is 0 Å². The van der Waals surface area contributed by atoms with Gasteiger partial charge < -0.3 is 22.9 Å². The molecule has 0 aromatic heterocycles. The van der Waals surface area contributed by atoms with Crippen LogP contribution in [-0.4, -0.2) is 23.3 Å². The summed E-state index contributed by atoms with van der Waals surface area (Å²) in [5, 5.41) is 14.6. The Morgan fingerprint density at radius 2 is 1.25 bits per heavy atom. The fraction of sp³-hybridized carbons (Fsp3) is 0.143. The zero-order valence-electron chi connectivity index (χ0n) is 8.37. The van der Waals surface area contributed by atoms with Crippen LogP contribution in [0, 0.1) is 0 Å². The van der Waals surface area contributed by atoms with Crippen molar-refractivity contribution < 1.29 is 0 Å². The van der Waals surface area contributed by atoms with E-state index in [9.17, 15) is 0 Å². The summed E-state index contributed by atoms with van der Waals surface area (Å²) < 4.78 is 0. The van der Waals surface area contributed by atoms with Gasteiger partial charge in [0.1, 0.15) is 0 Å². The van der Waals surface area contributed by atoms with Gasteiger partial charge in [0.25, 0.3) is 0 Å². The summed E-state index contributed by atoms with van der Waals surface area (Å²) in [5.74, 6) is -0.184.